The van der Waals surface area contributed by atoms with Gasteiger partial charge in [-0.2, -0.15) is 5.10 Å². The molecule has 4 heteroatoms. The molecule has 4 nitrogen and oxygen atoms in total. The highest BCUT2D eigenvalue weighted by molar-refractivity contribution is 5.94. The molecule has 1 heterocycles. The molecule has 0 spiro atoms. The van der Waals surface area contributed by atoms with Crippen LogP contribution in [0.15, 0.2) is 52.9 Å². The maximum Gasteiger partial charge on any atom is 0.271 e. The Morgan fingerprint density at radius 2 is 2.08 bits per heavy atom. The molecule has 0 saturated heterocycles. The van der Waals surface area contributed by atoms with Crippen molar-refractivity contribution in [2.45, 2.75) is 47.0 Å². The Kier molecular flexibility index (Phi) is 6.07. The summed E-state index contributed by atoms with van der Waals surface area (Å²) in [5.41, 5.74) is 6.27. The van der Waals surface area contributed by atoms with Gasteiger partial charge in [0.1, 0.15) is 0 Å². The highest BCUT2D eigenvalue weighted by Crippen LogP contribution is 2.40. The molecule has 0 bridgehead atoms. The van der Waals surface area contributed by atoms with Crippen LogP contribution in [0.25, 0.3) is 0 Å². The summed E-state index contributed by atoms with van der Waals surface area (Å²) in [7, 11) is 0. The van der Waals surface area contributed by atoms with Crippen molar-refractivity contribution in [2.75, 3.05) is 0 Å². The predicted molar refractivity (Wildman–Crippen MR) is 98.8 cm³/mol. The fraction of sp³-hybridized carbons (Fsp3) is 0.450. The summed E-state index contributed by atoms with van der Waals surface area (Å²) in [4.78, 5) is 15.8. The molecule has 24 heavy (non-hydrogen) atoms. The van der Waals surface area contributed by atoms with Crippen LogP contribution in [0, 0.1) is 11.3 Å². The third-order valence-electron chi connectivity index (χ3n) is 4.53. The average Bonchev–Trinajstić information content (AvgIpc) is 2.54. The van der Waals surface area contributed by atoms with Crippen LogP contribution in [-0.4, -0.2) is 17.1 Å². The van der Waals surface area contributed by atoms with Gasteiger partial charge in [0.05, 0.1) is 0 Å². The maximum atomic E-state index is 11.9. The summed E-state index contributed by atoms with van der Waals surface area (Å²) in [5, 5.41) is 4.05. The summed E-state index contributed by atoms with van der Waals surface area (Å²) in [6.45, 7) is 8.91. The Labute approximate surface area is 144 Å². The minimum absolute atomic E-state index is 0.153. The van der Waals surface area contributed by atoms with Crippen molar-refractivity contribution in [1.29, 1.82) is 0 Å². The van der Waals surface area contributed by atoms with Gasteiger partial charge < -0.3 is 0 Å². The van der Waals surface area contributed by atoms with Crippen molar-refractivity contribution in [3.05, 3.63) is 53.4 Å². The van der Waals surface area contributed by atoms with Crippen LogP contribution in [0.5, 0.6) is 0 Å². The number of hydrogen-bond donors (Lipinski definition) is 1. The van der Waals surface area contributed by atoms with Crippen molar-refractivity contribution in [2.24, 2.45) is 16.4 Å². The Morgan fingerprint density at radius 1 is 1.38 bits per heavy atom. The fourth-order valence-corrected chi connectivity index (χ4v) is 3.09. The highest BCUT2D eigenvalue weighted by atomic mass is 16.2. The van der Waals surface area contributed by atoms with Crippen molar-refractivity contribution in [1.82, 2.24) is 10.4 Å². The van der Waals surface area contributed by atoms with Crippen molar-refractivity contribution >= 4 is 12.1 Å². The first-order valence-corrected chi connectivity index (χ1v) is 8.52. The number of hydrazone groups is 1. The molecule has 2 rings (SSSR count). The van der Waals surface area contributed by atoms with E-state index < -0.39 is 0 Å². The number of amides is 1. The molecule has 128 valence electrons. The van der Waals surface area contributed by atoms with Crippen LogP contribution in [0.3, 0.4) is 0 Å². The lowest BCUT2D eigenvalue weighted by Gasteiger charge is -2.33. The molecule has 0 fully saturated rings. The molecular weight excluding hydrogens is 298 g/mol. The van der Waals surface area contributed by atoms with Gasteiger partial charge in [0, 0.05) is 30.1 Å². The van der Waals surface area contributed by atoms with E-state index in [0.717, 1.165) is 0 Å². The first-order valence-electron chi connectivity index (χ1n) is 8.52. The largest absolute Gasteiger partial charge is 0.271 e. The zero-order chi connectivity index (χ0) is 17.6. The van der Waals surface area contributed by atoms with Crippen LogP contribution in [0.4, 0.5) is 0 Å². The second-order valence-electron chi connectivity index (χ2n) is 7.10. The van der Waals surface area contributed by atoms with E-state index >= 15 is 0 Å². The summed E-state index contributed by atoms with van der Waals surface area (Å²) in [5.74, 6) is -0.0717. The number of carbonyl (C=O) groups is 1. The number of nitrogens with zero attached hydrogens (tertiary/aromatic N) is 2. The molecule has 1 aromatic rings. The van der Waals surface area contributed by atoms with Gasteiger partial charge >= 0.3 is 0 Å². The molecule has 1 aliphatic carbocycles. The third kappa shape index (κ3) is 4.88. The van der Waals surface area contributed by atoms with Crippen LogP contribution < -0.4 is 5.43 Å². The minimum Gasteiger partial charge on any atom is -0.267 e. The van der Waals surface area contributed by atoms with Gasteiger partial charge in [-0.3, -0.25) is 9.78 Å². The lowest BCUT2D eigenvalue weighted by molar-refractivity contribution is 0.0955. The Morgan fingerprint density at radius 3 is 2.75 bits per heavy atom. The van der Waals surface area contributed by atoms with E-state index in [-0.39, 0.29) is 17.2 Å². The van der Waals surface area contributed by atoms with Crippen LogP contribution in [0.1, 0.15) is 57.3 Å². The normalized spacial score (nSPS) is 19.0. The molecule has 1 aromatic heterocycles. The van der Waals surface area contributed by atoms with Gasteiger partial charge in [-0.05, 0) is 49.3 Å². The van der Waals surface area contributed by atoms with E-state index in [1.165, 1.54) is 30.4 Å². The molecule has 0 radical (unpaired) electrons. The summed E-state index contributed by atoms with van der Waals surface area (Å²) in [6.07, 6.45) is 13.0. The number of carbonyl (C=O) groups excluding carboxylic acids is 1. The highest BCUT2D eigenvalue weighted by Gasteiger charge is 2.26. The van der Waals surface area contributed by atoms with Crippen LogP contribution >= 0.6 is 0 Å². The summed E-state index contributed by atoms with van der Waals surface area (Å²) in [6, 6.07) is 3.32. The summed E-state index contributed by atoms with van der Waals surface area (Å²) >= 11 is 0. The third-order valence-corrected chi connectivity index (χ3v) is 4.53. The number of aromatic nitrogens is 1. The number of hydrogen-bond acceptors (Lipinski definition) is 3. The molecule has 1 atom stereocenters. The lowest BCUT2D eigenvalue weighted by atomic mass is 9.72. The van der Waals surface area contributed by atoms with Gasteiger partial charge in [-0.15, -0.1) is 0 Å². The number of rotatable bonds is 5. The van der Waals surface area contributed by atoms with E-state index in [1.807, 2.05) is 0 Å². The van der Waals surface area contributed by atoms with E-state index in [0.29, 0.717) is 5.56 Å². The second-order valence-corrected chi connectivity index (χ2v) is 7.10. The second kappa shape index (κ2) is 8.04. The Hall–Kier alpha value is -2.23. The summed E-state index contributed by atoms with van der Waals surface area (Å²) < 4.78 is 0. The average molecular weight is 325 g/mol. The van der Waals surface area contributed by atoms with Gasteiger partial charge in [0.25, 0.3) is 5.91 Å². The smallest absolute Gasteiger partial charge is 0.267 e. The van der Waals surface area contributed by atoms with E-state index in [1.54, 1.807) is 30.7 Å². The first-order chi connectivity index (χ1) is 11.4. The number of allylic oxidation sites excluding steroid dienone is 4. The predicted octanol–water partition coefficient (Wildman–Crippen LogP) is 4.52. The Bertz CT molecular complexity index is 657. The van der Waals surface area contributed by atoms with Crippen LogP contribution in [0.2, 0.25) is 0 Å². The molecule has 1 amide bonds. The van der Waals surface area contributed by atoms with Crippen molar-refractivity contribution < 1.29 is 4.79 Å². The van der Waals surface area contributed by atoms with E-state index in [2.05, 4.69) is 55.4 Å². The van der Waals surface area contributed by atoms with Crippen LogP contribution in [-0.2, 0) is 0 Å². The van der Waals surface area contributed by atoms with E-state index in [9.17, 15) is 4.79 Å². The van der Waals surface area contributed by atoms with Gasteiger partial charge in [0.15, 0.2) is 0 Å². The number of pyridine rings is 1. The molecule has 1 N–H and O–H groups in total. The van der Waals surface area contributed by atoms with E-state index in [4.69, 9.17) is 0 Å². The molecule has 0 aliphatic heterocycles. The Balaban J connectivity index is 1.93. The molecular formula is C20H27N3O. The quantitative estimate of drug-likeness (QED) is 0.639. The molecule has 1 aliphatic rings. The van der Waals surface area contributed by atoms with Gasteiger partial charge in [-0.25, -0.2) is 5.43 Å². The lowest BCUT2D eigenvalue weighted by Crippen LogP contribution is -2.19. The molecule has 1 unspecified atom stereocenters. The SMILES string of the molecule is CC1=C(/C=C/C(C)C=NNC(=O)c2ccncc2)C(C)(C)CCC1. The maximum absolute atomic E-state index is 11.9. The fourth-order valence-electron chi connectivity index (χ4n) is 3.09. The van der Waals surface area contributed by atoms with Crippen molar-refractivity contribution in [3.8, 4) is 0 Å². The minimum atomic E-state index is -0.225. The van der Waals surface area contributed by atoms with Crippen molar-refractivity contribution in [3.63, 3.8) is 0 Å². The zero-order valence-corrected chi connectivity index (χ0v) is 15.0. The number of nitrogens with one attached hydrogen (secondary N) is 1. The molecule has 0 saturated carbocycles. The monoisotopic (exact) mass is 325 g/mol. The molecule has 0 aromatic carbocycles. The van der Waals surface area contributed by atoms with Gasteiger partial charge in [0.2, 0.25) is 0 Å². The first kappa shape index (κ1) is 18.1. The zero-order valence-electron chi connectivity index (χ0n) is 15.0. The van der Waals surface area contributed by atoms with Gasteiger partial charge in [-0.1, -0.05) is 38.5 Å². The topological polar surface area (TPSA) is 54.4 Å². The standard InChI is InChI=1S/C20H27N3O/c1-15(7-8-18-16(2)6-5-11-20(18,3)4)14-22-23-19(24)17-9-12-21-13-10-17/h7-10,12-15H,5-6,11H2,1-4H3,(H,23,24)/b8-7+,22-14?.